The summed E-state index contributed by atoms with van der Waals surface area (Å²) < 4.78 is 0. The number of fused-ring (bicyclic) bond motifs is 5. The Balaban J connectivity index is 1.36. The van der Waals surface area contributed by atoms with Crippen molar-refractivity contribution in [3.05, 3.63) is 71.3 Å². The molecule has 29 heavy (non-hydrogen) atoms. The molecule has 1 saturated heterocycles. The monoisotopic (exact) mass is 386 g/mol. The molecule has 2 bridgehead atoms. The van der Waals surface area contributed by atoms with Crippen molar-refractivity contribution in [3.8, 4) is 0 Å². The van der Waals surface area contributed by atoms with Crippen LogP contribution in [-0.2, 0) is 9.59 Å². The number of nitrogens with zero attached hydrogens (tertiary/aromatic N) is 1. The molecule has 5 rings (SSSR count). The predicted molar refractivity (Wildman–Crippen MR) is 111 cm³/mol. The fourth-order valence-electron chi connectivity index (χ4n) is 5.00. The summed E-state index contributed by atoms with van der Waals surface area (Å²) in [4.78, 5) is 39.8. The lowest BCUT2D eigenvalue weighted by atomic mass is 9.85. The number of rotatable bonds is 3. The van der Waals surface area contributed by atoms with Crippen LogP contribution >= 0.6 is 0 Å². The minimum Gasteiger partial charge on any atom is -0.322 e. The highest BCUT2D eigenvalue weighted by Gasteiger charge is 2.59. The number of carbonyl (C=O) groups is 3. The standard InChI is InChI=1S/C24H22N2O3/c1-13-4-3-5-19(14(13)2)25-22(27)15-8-10-18(11-9-15)26-23(28)20-16-6-7-17(12-16)21(20)24(26)29/h3-11,16-17,20-21H,12H2,1-2H3,(H,25,27)/t16-,17-,20+,21+/m1/s1. The Morgan fingerprint density at radius 1 is 0.931 bits per heavy atom. The molecule has 2 fully saturated rings. The van der Waals surface area contributed by atoms with E-state index in [9.17, 15) is 14.4 Å². The summed E-state index contributed by atoms with van der Waals surface area (Å²) >= 11 is 0. The molecule has 3 amide bonds. The maximum atomic E-state index is 12.9. The highest BCUT2D eigenvalue weighted by atomic mass is 16.2. The zero-order chi connectivity index (χ0) is 20.3. The van der Waals surface area contributed by atoms with E-state index in [1.165, 1.54) is 4.90 Å². The molecule has 2 aromatic rings. The summed E-state index contributed by atoms with van der Waals surface area (Å²) in [6.07, 6.45) is 5.08. The molecule has 5 nitrogen and oxygen atoms in total. The van der Waals surface area contributed by atoms with Crippen molar-refractivity contribution in [1.82, 2.24) is 0 Å². The van der Waals surface area contributed by atoms with Gasteiger partial charge in [0.2, 0.25) is 11.8 Å². The first-order valence-corrected chi connectivity index (χ1v) is 9.99. The summed E-state index contributed by atoms with van der Waals surface area (Å²) in [5.74, 6) is -0.491. The molecule has 0 radical (unpaired) electrons. The minimum atomic E-state index is -0.219. The van der Waals surface area contributed by atoms with Crippen molar-refractivity contribution in [2.45, 2.75) is 20.3 Å². The third-order valence-corrected chi connectivity index (χ3v) is 6.71. The van der Waals surface area contributed by atoms with Crippen molar-refractivity contribution in [2.24, 2.45) is 23.7 Å². The first kappa shape index (κ1) is 17.9. The van der Waals surface area contributed by atoms with E-state index in [-0.39, 0.29) is 41.4 Å². The topological polar surface area (TPSA) is 66.5 Å². The van der Waals surface area contributed by atoms with Gasteiger partial charge in [0.05, 0.1) is 17.5 Å². The lowest BCUT2D eigenvalue weighted by molar-refractivity contribution is -0.123. The minimum absolute atomic E-state index is 0.107. The number of imide groups is 1. The summed E-state index contributed by atoms with van der Waals surface area (Å²) in [5.41, 5.74) is 3.94. The molecule has 1 N–H and O–H groups in total. The van der Waals surface area contributed by atoms with Crippen LogP contribution in [0.15, 0.2) is 54.6 Å². The summed E-state index contributed by atoms with van der Waals surface area (Å²) in [7, 11) is 0. The van der Waals surface area contributed by atoms with Crippen LogP contribution in [0.3, 0.4) is 0 Å². The van der Waals surface area contributed by atoms with Gasteiger partial charge in [-0.15, -0.1) is 0 Å². The van der Waals surface area contributed by atoms with Crippen molar-refractivity contribution in [3.63, 3.8) is 0 Å². The maximum Gasteiger partial charge on any atom is 0.255 e. The lowest BCUT2D eigenvalue weighted by Crippen LogP contribution is -2.32. The van der Waals surface area contributed by atoms with Gasteiger partial charge in [-0.3, -0.25) is 19.3 Å². The normalized spacial score (nSPS) is 26.9. The molecule has 3 aliphatic rings. The molecular weight excluding hydrogens is 364 g/mol. The predicted octanol–water partition coefficient (Wildman–Crippen LogP) is 3.87. The van der Waals surface area contributed by atoms with Crippen LogP contribution < -0.4 is 10.2 Å². The number of carbonyl (C=O) groups excluding carboxylic acids is 3. The number of allylic oxidation sites excluding steroid dienone is 2. The van der Waals surface area contributed by atoms with Crippen molar-refractivity contribution < 1.29 is 14.4 Å². The fourth-order valence-corrected chi connectivity index (χ4v) is 5.00. The number of nitrogens with one attached hydrogen (secondary N) is 1. The van der Waals surface area contributed by atoms with Crippen LogP contribution in [0.1, 0.15) is 27.9 Å². The fraction of sp³-hybridized carbons (Fsp3) is 0.292. The van der Waals surface area contributed by atoms with Gasteiger partial charge in [-0.1, -0.05) is 24.3 Å². The number of anilines is 2. The Bertz CT molecular complexity index is 1040. The number of amides is 3. The number of hydrogen-bond donors (Lipinski definition) is 1. The Morgan fingerprint density at radius 3 is 2.17 bits per heavy atom. The molecule has 2 aromatic carbocycles. The first-order valence-electron chi connectivity index (χ1n) is 9.99. The van der Waals surface area contributed by atoms with Crippen molar-refractivity contribution in [2.75, 3.05) is 10.2 Å². The smallest absolute Gasteiger partial charge is 0.255 e. The Kier molecular flexibility index (Phi) is 3.95. The summed E-state index contributed by atoms with van der Waals surface area (Å²) in [5, 5.41) is 2.93. The quantitative estimate of drug-likeness (QED) is 0.643. The van der Waals surface area contributed by atoms with Gasteiger partial charge in [-0.25, -0.2) is 0 Å². The van der Waals surface area contributed by atoms with Crippen molar-refractivity contribution in [1.29, 1.82) is 0 Å². The van der Waals surface area contributed by atoms with Crippen molar-refractivity contribution >= 4 is 29.1 Å². The molecular formula is C24H22N2O3. The van der Waals surface area contributed by atoms with Crippen LogP contribution in [0, 0.1) is 37.5 Å². The molecule has 0 spiro atoms. The second-order valence-corrected chi connectivity index (χ2v) is 8.26. The van der Waals surface area contributed by atoms with E-state index in [4.69, 9.17) is 0 Å². The van der Waals surface area contributed by atoms with Gasteiger partial charge < -0.3 is 5.32 Å². The number of benzene rings is 2. The third kappa shape index (κ3) is 2.64. The Hall–Kier alpha value is -3.21. The van der Waals surface area contributed by atoms with E-state index in [0.717, 1.165) is 23.2 Å². The summed E-state index contributed by atoms with van der Waals surface area (Å²) in [6.45, 7) is 3.97. The molecule has 0 aromatic heterocycles. The molecule has 5 heteroatoms. The van der Waals surface area contributed by atoms with E-state index < -0.39 is 0 Å². The first-order chi connectivity index (χ1) is 14.0. The van der Waals surface area contributed by atoms with Crippen LogP contribution in [-0.4, -0.2) is 17.7 Å². The zero-order valence-corrected chi connectivity index (χ0v) is 16.4. The van der Waals surface area contributed by atoms with Crippen LogP contribution in [0.25, 0.3) is 0 Å². The molecule has 1 heterocycles. The van der Waals surface area contributed by atoms with Crippen LogP contribution in [0.4, 0.5) is 11.4 Å². The van der Waals surface area contributed by atoms with Crippen LogP contribution in [0.2, 0.25) is 0 Å². The average Bonchev–Trinajstić information content (AvgIpc) is 3.39. The molecule has 1 aliphatic heterocycles. The SMILES string of the molecule is Cc1cccc(NC(=O)c2ccc(N3C(=O)[C@@H]4[C@@H](C3=O)[C@@H]3C=C[C@@H]4C3)cc2)c1C. The average molecular weight is 386 g/mol. The van der Waals surface area contributed by atoms with Gasteiger partial charge in [0, 0.05) is 11.3 Å². The molecule has 1 saturated carbocycles. The van der Waals surface area contributed by atoms with Gasteiger partial charge >= 0.3 is 0 Å². The second kappa shape index (κ2) is 6.41. The maximum absolute atomic E-state index is 12.9. The Morgan fingerprint density at radius 2 is 1.55 bits per heavy atom. The van der Waals surface area contributed by atoms with E-state index in [2.05, 4.69) is 17.5 Å². The van der Waals surface area contributed by atoms with Gasteiger partial charge in [-0.2, -0.15) is 0 Å². The lowest BCUT2D eigenvalue weighted by Gasteiger charge is -2.17. The Labute approximate surface area is 169 Å². The number of aryl methyl sites for hydroxylation is 1. The van der Waals surface area contributed by atoms with Gasteiger partial charge in [0.25, 0.3) is 5.91 Å². The second-order valence-electron chi connectivity index (χ2n) is 8.26. The van der Waals surface area contributed by atoms with Gasteiger partial charge in [-0.05, 0) is 73.6 Å². The number of hydrogen-bond acceptors (Lipinski definition) is 3. The van der Waals surface area contributed by atoms with E-state index >= 15 is 0 Å². The third-order valence-electron chi connectivity index (χ3n) is 6.71. The highest BCUT2D eigenvalue weighted by Crippen LogP contribution is 2.53. The molecule has 2 aliphatic carbocycles. The van der Waals surface area contributed by atoms with Gasteiger partial charge in [0.15, 0.2) is 0 Å². The van der Waals surface area contributed by atoms with E-state index in [1.54, 1.807) is 24.3 Å². The van der Waals surface area contributed by atoms with Gasteiger partial charge in [0.1, 0.15) is 0 Å². The largest absolute Gasteiger partial charge is 0.322 e. The molecule has 0 unspecified atom stereocenters. The van der Waals surface area contributed by atoms with Crippen LogP contribution in [0.5, 0.6) is 0 Å². The summed E-state index contributed by atoms with van der Waals surface area (Å²) in [6, 6.07) is 12.5. The van der Waals surface area contributed by atoms with E-state index in [0.29, 0.717) is 11.3 Å². The molecule has 4 atom stereocenters. The zero-order valence-electron chi connectivity index (χ0n) is 16.4. The molecule has 146 valence electrons. The van der Waals surface area contributed by atoms with E-state index in [1.807, 2.05) is 32.0 Å². The highest BCUT2D eigenvalue weighted by molar-refractivity contribution is 6.23.